The van der Waals surface area contributed by atoms with Crippen LogP contribution in [-0.4, -0.2) is 0 Å². The van der Waals surface area contributed by atoms with Gasteiger partial charge in [-0.15, -0.1) is 0 Å². The van der Waals surface area contributed by atoms with Crippen LogP contribution < -0.4 is 0 Å². The Kier molecular flexibility index (Phi) is 7.91. The monoisotopic (exact) mass is 164 g/mol. The molecule has 0 radical (unpaired) electrons. The number of rotatable bonds is 4. The predicted molar refractivity (Wildman–Crippen MR) is 56.0 cm³/mol. The molecule has 0 heterocycles. The van der Waals surface area contributed by atoms with E-state index in [0.717, 1.165) is 19.3 Å². The molecule has 0 saturated carbocycles. The molecule has 0 nitrogen and oxygen atoms in total. The van der Waals surface area contributed by atoms with Crippen LogP contribution >= 0.6 is 0 Å². The second kappa shape index (κ2) is 8.40. The maximum absolute atomic E-state index is 3.22. The zero-order valence-corrected chi connectivity index (χ0v) is 8.61. The SMILES string of the molecule is CCC=C(C#CCCCC)CC. The normalized spacial score (nSPS) is 10.8. The summed E-state index contributed by atoms with van der Waals surface area (Å²) in [5, 5.41) is 0. The van der Waals surface area contributed by atoms with E-state index in [1.54, 1.807) is 0 Å². The molecule has 0 N–H and O–H groups in total. The van der Waals surface area contributed by atoms with E-state index in [-0.39, 0.29) is 0 Å². The summed E-state index contributed by atoms with van der Waals surface area (Å²) < 4.78 is 0. The highest BCUT2D eigenvalue weighted by atomic mass is 13.9. The Hall–Kier alpha value is -0.700. The average molecular weight is 164 g/mol. The molecule has 0 amide bonds. The first-order valence-corrected chi connectivity index (χ1v) is 5.03. The van der Waals surface area contributed by atoms with Crippen LogP contribution in [0.2, 0.25) is 0 Å². The standard InChI is InChI=1S/C12H20/c1-4-7-8-9-11-12(6-3)10-5-2/h10H,4-8H2,1-3H3. The topological polar surface area (TPSA) is 0 Å². The van der Waals surface area contributed by atoms with E-state index in [2.05, 4.69) is 38.7 Å². The van der Waals surface area contributed by atoms with Crippen LogP contribution in [0.5, 0.6) is 0 Å². The quantitative estimate of drug-likeness (QED) is 0.436. The van der Waals surface area contributed by atoms with Gasteiger partial charge in [-0.1, -0.05) is 45.1 Å². The van der Waals surface area contributed by atoms with E-state index in [4.69, 9.17) is 0 Å². The number of unbranched alkanes of at least 4 members (excludes halogenated alkanes) is 2. The van der Waals surface area contributed by atoms with Crippen molar-refractivity contribution in [1.82, 2.24) is 0 Å². The van der Waals surface area contributed by atoms with Crippen LogP contribution in [-0.2, 0) is 0 Å². The summed E-state index contributed by atoms with van der Waals surface area (Å²) in [7, 11) is 0. The number of hydrogen-bond acceptors (Lipinski definition) is 0. The summed E-state index contributed by atoms with van der Waals surface area (Å²) in [6.07, 6.45) is 7.93. The van der Waals surface area contributed by atoms with Gasteiger partial charge in [-0.25, -0.2) is 0 Å². The second-order valence-electron chi connectivity index (χ2n) is 2.90. The first-order valence-electron chi connectivity index (χ1n) is 5.03. The van der Waals surface area contributed by atoms with Crippen molar-refractivity contribution < 1.29 is 0 Å². The summed E-state index contributed by atoms with van der Waals surface area (Å²) in [6.45, 7) is 6.52. The highest BCUT2D eigenvalue weighted by Gasteiger charge is 1.84. The summed E-state index contributed by atoms with van der Waals surface area (Å²) in [6, 6.07) is 0. The van der Waals surface area contributed by atoms with Crippen molar-refractivity contribution in [2.45, 2.75) is 52.9 Å². The van der Waals surface area contributed by atoms with E-state index in [1.165, 1.54) is 18.4 Å². The molecule has 12 heavy (non-hydrogen) atoms. The molecule has 0 aromatic rings. The summed E-state index contributed by atoms with van der Waals surface area (Å²) in [5.41, 5.74) is 1.30. The number of hydrogen-bond donors (Lipinski definition) is 0. The third-order valence-corrected chi connectivity index (χ3v) is 1.74. The van der Waals surface area contributed by atoms with Crippen LogP contribution in [0.15, 0.2) is 11.6 Å². The lowest BCUT2D eigenvalue weighted by Crippen LogP contribution is -1.75. The molecule has 0 bridgehead atoms. The summed E-state index contributed by atoms with van der Waals surface area (Å²) in [5.74, 6) is 6.42. The van der Waals surface area contributed by atoms with Gasteiger partial charge in [-0.2, -0.15) is 0 Å². The Morgan fingerprint density at radius 1 is 1.25 bits per heavy atom. The van der Waals surface area contributed by atoms with Crippen molar-refractivity contribution in [3.05, 3.63) is 11.6 Å². The molecular weight excluding hydrogens is 144 g/mol. The molecule has 0 heteroatoms. The fraction of sp³-hybridized carbons (Fsp3) is 0.667. The molecule has 68 valence electrons. The maximum Gasteiger partial charge on any atom is 0.00922 e. The van der Waals surface area contributed by atoms with Crippen LogP contribution in [0.3, 0.4) is 0 Å². The maximum atomic E-state index is 3.22. The van der Waals surface area contributed by atoms with Crippen molar-refractivity contribution in [1.29, 1.82) is 0 Å². The van der Waals surface area contributed by atoms with Gasteiger partial charge < -0.3 is 0 Å². The minimum Gasteiger partial charge on any atom is -0.0982 e. The van der Waals surface area contributed by atoms with E-state index in [1.807, 2.05) is 0 Å². The lowest BCUT2D eigenvalue weighted by atomic mass is 10.1. The van der Waals surface area contributed by atoms with Crippen molar-refractivity contribution in [2.24, 2.45) is 0 Å². The third-order valence-electron chi connectivity index (χ3n) is 1.74. The first-order chi connectivity index (χ1) is 5.85. The molecule has 0 fully saturated rings. The first kappa shape index (κ1) is 11.3. The number of allylic oxidation sites excluding steroid dienone is 2. The van der Waals surface area contributed by atoms with Crippen molar-refractivity contribution >= 4 is 0 Å². The van der Waals surface area contributed by atoms with Crippen LogP contribution in [0.25, 0.3) is 0 Å². The Balaban J connectivity index is 3.80. The Bertz CT molecular complexity index is 176. The van der Waals surface area contributed by atoms with E-state index in [0.29, 0.717) is 0 Å². The molecule has 0 rings (SSSR count). The summed E-state index contributed by atoms with van der Waals surface area (Å²) in [4.78, 5) is 0. The van der Waals surface area contributed by atoms with Gasteiger partial charge in [0.2, 0.25) is 0 Å². The molecular formula is C12H20. The largest absolute Gasteiger partial charge is 0.0982 e. The minimum atomic E-state index is 1.05. The average Bonchev–Trinajstić information content (AvgIpc) is 2.10. The second-order valence-corrected chi connectivity index (χ2v) is 2.90. The Labute approximate surface area is 77.1 Å². The smallest absolute Gasteiger partial charge is 0.00922 e. The van der Waals surface area contributed by atoms with Gasteiger partial charge in [0, 0.05) is 6.42 Å². The fourth-order valence-corrected chi connectivity index (χ4v) is 0.971. The highest BCUT2D eigenvalue weighted by Crippen LogP contribution is 2.00. The highest BCUT2D eigenvalue weighted by molar-refractivity contribution is 5.27. The van der Waals surface area contributed by atoms with Crippen LogP contribution in [0, 0.1) is 11.8 Å². The van der Waals surface area contributed by atoms with Crippen LogP contribution in [0.4, 0.5) is 0 Å². The molecule has 0 aliphatic rings. The van der Waals surface area contributed by atoms with Gasteiger partial charge in [0.15, 0.2) is 0 Å². The van der Waals surface area contributed by atoms with Gasteiger partial charge in [0.1, 0.15) is 0 Å². The van der Waals surface area contributed by atoms with Crippen molar-refractivity contribution in [3.63, 3.8) is 0 Å². The summed E-state index contributed by atoms with van der Waals surface area (Å²) >= 11 is 0. The van der Waals surface area contributed by atoms with Gasteiger partial charge in [0.05, 0.1) is 0 Å². The molecule has 0 aromatic carbocycles. The fourth-order valence-electron chi connectivity index (χ4n) is 0.971. The zero-order chi connectivity index (χ0) is 9.23. The molecule has 0 aliphatic carbocycles. The third kappa shape index (κ3) is 6.04. The van der Waals surface area contributed by atoms with Gasteiger partial charge in [0.25, 0.3) is 0 Å². The molecule has 0 aromatic heterocycles. The van der Waals surface area contributed by atoms with Gasteiger partial charge >= 0.3 is 0 Å². The van der Waals surface area contributed by atoms with E-state index >= 15 is 0 Å². The predicted octanol–water partition coefficient (Wildman–Crippen LogP) is 3.93. The van der Waals surface area contributed by atoms with E-state index < -0.39 is 0 Å². The van der Waals surface area contributed by atoms with E-state index in [9.17, 15) is 0 Å². The Morgan fingerprint density at radius 3 is 2.50 bits per heavy atom. The van der Waals surface area contributed by atoms with Crippen molar-refractivity contribution in [2.75, 3.05) is 0 Å². The van der Waals surface area contributed by atoms with Crippen molar-refractivity contribution in [3.8, 4) is 11.8 Å². The Morgan fingerprint density at radius 2 is 2.00 bits per heavy atom. The molecule has 0 aliphatic heterocycles. The molecule has 0 spiro atoms. The zero-order valence-electron chi connectivity index (χ0n) is 8.61. The van der Waals surface area contributed by atoms with Gasteiger partial charge in [-0.05, 0) is 24.8 Å². The molecule has 0 unspecified atom stereocenters. The molecule has 0 saturated heterocycles. The van der Waals surface area contributed by atoms with Gasteiger partial charge in [-0.3, -0.25) is 0 Å². The molecule has 0 atom stereocenters. The lowest BCUT2D eigenvalue weighted by molar-refractivity contribution is 0.828. The minimum absolute atomic E-state index is 1.05. The lowest BCUT2D eigenvalue weighted by Gasteiger charge is -1.91. The van der Waals surface area contributed by atoms with Crippen LogP contribution in [0.1, 0.15) is 52.9 Å².